The van der Waals surface area contributed by atoms with Crippen molar-refractivity contribution in [2.45, 2.75) is 83.4 Å². The highest BCUT2D eigenvalue weighted by molar-refractivity contribution is 5.86. The molecule has 2 N–H and O–H groups in total. The van der Waals surface area contributed by atoms with Gasteiger partial charge in [-0.3, -0.25) is 9.59 Å². The Morgan fingerprint density at radius 1 is 1.03 bits per heavy atom. The SMILES string of the molecule is COC(=O)CC[C@H](NC(=O)OCc1ccccc1)C(=O)NC12CC3CC(C)(CC(C)(C3)C1)C2. The average molecular weight is 457 g/mol. The first kappa shape index (κ1) is 23.6. The van der Waals surface area contributed by atoms with Crippen LogP contribution in [-0.2, 0) is 25.7 Å². The van der Waals surface area contributed by atoms with E-state index >= 15 is 0 Å². The van der Waals surface area contributed by atoms with Gasteiger partial charge >= 0.3 is 12.1 Å². The summed E-state index contributed by atoms with van der Waals surface area (Å²) in [6.45, 7) is 4.81. The predicted molar refractivity (Wildman–Crippen MR) is 123 cm³/mol. The molecule has 33 heavy (non-hydrogen) atoms. The first-order valence-corrected chi connectivity index (χ1v) is 12.0. The molecule has 180 valence electrons. The Balaban J connectivity index is 1.42. The molecule has 0 spiro atoms. The molecule has 4 bridgehead atoms. The van der Waals surface area contributed by atoms with E-state index in [2.05, 4.69) is 24.5 Å². The second-order valence-corrected chi connectivity index (χ2v) is 11.3. The standard InChI is InChI=1S/C26H36N2O5/c1-24-11-19-12-25(2,15-24)17-26(13-19,16-24)28-22(30)20(9-10-21(29)32-3)27-23(31)33-14-18-7-5-4-6-8-18/h4-8,19-20H,9-17H2,1-3H3,(H,27,31)(H,28,30)/t19?,20-,24?,25?,26?/m0/s1. The van der Waals surface area contributed by atoms with Crippen LogP contribution in [0, 0.1) is 16.7 Å². The van der Waals surface area contributed by atoms with Crippen molar-refractivity contribution >= 4 is 18.0 Å². The van der Waals surface area contributed by atoms with Crippen LogP contribution in [-0.4, -0.2) is 36.7 Å². The first-order valence-electron chi connectivity index (χ1n) is 12.0. The number of hydrogen-bond donors (Lipinski definition) is 2. The highest BCUT2D eigenvalue weighted by Crippen LogP contribution is 2.66. The molecule has 0 aromatic heterocycles. The molecule has 4 aliphatic carbocycles. The Morgan fingerprint density at radius 3 is 2.30 bits per heavy atom. The molecule has 4 aliphatic rings. The van der Waals surface area contributed by atoms with E-state index in [9.17, 15) is 14.4 Å². The van der Waals surface area contributed by atoms with Gasteiger partial charge in [0.1, 0.15) is 12.6 Å². The third kappa shape index (κ3) is 5.50. The fraction of sp³-hybridized carbons (Fsp3) is 0.654. The maximum Gasteiger partial charge on any atom is 0.408 e. The van der Waals surface area contributed by atoms with Crippen molar-refractivity contribution in [3.05, 3.63) is 35.9 Å². The molecule has 5 rings (SSSR count). The summed E-state index contributed by atoms with van der Waals surface area (Å²) in [7, 11) is 1.32. The third-order valence-electron chi connectivity index (χ3n) is 7.70. The highest BCUT2D eigenvalue weighted by Gasteiger charge is 2.60. The third-order valence-corrected chi connectivity index (χ3v) is 7.70. The van der Waals surface area contributed by atoms with E-state index in [-0.39, 0.29) is 41.7 Å². The van der Waals surface area contributed by atoms with E-state index in [4.69, 9.17) is 9.47 Å². The van der Waals surface area contributed by atoms with Gasteiger partial charge < -0.3 is 20.1 Å². The van der Waals surface area contributed by atoms with E-state index in [0.717, 1.165) is 24.8 Å². The minimum Gasteiger partial charge on any atom is -0.469 e. The zero-order valence-corrected chi connectivity index (χ0v) is 19.9. The van der Waals surface area contributed by atoms with Crippen molar-refractivity contribution in [3.8, 4) is 0 Å². The lowest BCUT2D eigenvalue weighted by molar-refractivity contribution is -0.142. The van der Waals surface area contributed by atoms with Crippen molar-refractivity contribution in [1.82, 2.24) is 10.6 Å². The molecule has 0 heterocycles. The molecule has 3 atom stereocenters. The molecule has 1 aromatic carbocycles. The van der Waals surface area contributed by atoms with Gasteiger partial charge in [-0.15, -0.1) is 0 Å². The number of esters is 1. The van der Waals surface area contributed by atoms with Gasteiger partial charge in [0, 0.05) is 12.0 Å². The predicted octanol–water partition coefficient (Wildman–Crippen LogP) is 4.10. The molecular weight excluding hydrogens is 420 g/mol. The van der Waals surface area contributed by atoms with Crippen molar-refractivity contribution < 1.29 is 23.9 Å². The number of hydrogen-bond acceptors (Lipinski definition) is 5. The second kappa shape index (κ2) is 8.99. The van der Waals surface area contributed by atoms with Gasteiger partial charge in [-0.05, 0) is 67.3 Å². The number of methoxy groups -OCH3 is 1. The largest absolute Gasteiger partial charge is 0.469 e. The Kier molecular flexibility index (Phi) is 6.43. The van der Waals surface area contributed by atoms with Gasteiger partial charge in [-0.2, -0.15) is 0 Å². The van der Waals surface area contributed by atoms with Crippen LogP contribution in [0.4, 0.5) is 4.79 Å². The van der Waals surface area contributed by atoms with Crippen molar-refractivity contribution in [2.24, 2.45) is 16.7 Å². The molecule has 4 saturated carbocycles. The molecule has 0 aliphatic heterocycles. The second-order valence-electron chi connectivity index (χ2n) is 11.3. The number of ether oxygens (including phenoxy) is 2. The minimum atomic E-state index is -0.860. The van der Waals surface area contributed by atoms with E-state index in [1.807, 2.05) is 30.3 Å². The smallest absolute Gasteiger partial charge is 0.408 e. The maximum atomic E-state index is 13.4. The summed E-state index contributed by atoms with van der Waals surface area (Å²) in [6, 6.07) is 8.50. The Hall–Kier alpha value is -2.57. The van der Waals surface area contributed by atoms with Crippen LogP contribution in [0.5, 0.6) is 0 Å². The summed E-state index contributed by atoms with van der Waals surface area (Å²) < 4.78 is 10.1. The molecule has 0 saturated heterocycles. The number of amides is 2. The summed E-state index contributed by atoms with van der Waals surface area (Å²) in [5.74, 6) is -0.0272. The van der Waals surface area contributed by atoms with Gasteiger partial charge in [-0.25, -0.2) is 4.79 Å². The normalized spacial score (nSPS) is 32.6. The lowest BCUT2D eigenvalue weighted by atomic mass is 9.43. The van der Waals surface area contributed by atoms with Crippen LogP contribution in [0.25, 0.3) is 0 Å². The van der Waals surface area contributed by atoms with Crippen molar-refractivity contribution in [1.29, 1.82) is 0 Å². The highest BCUT2D eigenvalue weighted by atomic mass is 16.5. The zero-order chi connectivity index (χ0) is 23.7. The van der Waals surface area contributed by atoms with Gasteiger partial charge in [0.05, 0.1) is 7.11 Å². The van der Waals surface area contributed by atoms with Crippen LogP contribution in [0.15, 0.2) is 30.3 Å². The topological polar surface area (TPSA) is 93.7 Å². The van der Waals surface area contributed by atoms with Gasteiger partial charge in [0.15, 0.2) is 0 Å². The number of nitrogens with one attached hydrogen (secondary N) is 2. The first-order chi connectivity index (χ1) is 15.6. The maximum absolute atomic E-state index is 13.4. The van der Waals surface area contributed by atoms with E-state index in [0.29, 0.717) is 5.92 Å². The number of carbonyl (C=O) groups excluding carboxylic acids is 3. The van der Waals surface area contributed by atoms with Gasteiger partial charge in [0.25, 0.3) is 0 Å². The lowest BCUT2D eigenvalue weighted by Crippen LogP contribution is -2.66. The molecule has 7 heteroatoms. The molecule has 0 radical (unpaired) electrons. The summed E-state index contributed by atoms with van der Waals surface area (Å²) in [6.07, 6.45) is 6.14. The van der Waals surface area contributed by atoms with Crippen LogP contribution in [0.1, 0.15) is 70.8 Å². The van der Waals surface area contributed by atoms with Crippen LogP contribution < -0.4 is 10.6 Å². The van der Waals surface area contributed by atoms with E-state index in [1.54, 1.807) is 0 Å². The minimum absolute atomic E-state index is 0.0403. The fourth-order valence-electron chi connectivity index (χ4n) is 7.48. The van der Waals surface area contributed by atoms with Crippen LogP contribution in [0.2, 0.25) is 0 Å². The van der Waals surface area contributed by atoms with E-state index < -0.39 is 18.1 Å². The number of alkyl carbamates (subject to hydrolysis) is 1. The Morgan fingerprint density at radius 2 is 1.70 bits per heavy atom. The molecule has 7 nitrogen and oxygen atoms in total. The molecule has 4 fully saturated rings. The fourth-order valence-corrected chi connectivity index (χ4v) is 7.48. The quantitative estimate of drug-likeness (QED) is 0.575. The van der Waals surface area contributed by atoms with Crippen molar-refractivity contribution in [3.63, 3.8) is 0 Å². The Bertz CT molecular complexity index is 883. The lowest BCUT2D eigenvalue weighted by Gasteiger charge is -2.65. The molecule has 2 unspecified atom stereocenters. The Labute approximate surface area is 196 Å². The number of benzene rings is 1. The van der Waals surface area contributed by atoms with Gasteiger partial charge in [-0.1, -0.05) is 44.2 Å². The van der Waals surface area contributed by atoms with Crippen LogP contribution >= 0.6 is 0 Å². The summed E-state index contributed by atoms with van der Waals surface area (Å²) in [5.41, 5.74) is 1.13. The average Bonchev–Trinajstić information content (AvgIpc) is 2.72. The van der Waals surface area contributed by atoms with Crippen LogP contribution in [0.3, 0.4) is 0 Å². The zero-order valence-electron chi connectivity index (χ0n) is 19.9. The van der Waals surface area contributed by atoms with E-state index in [1.165, 1.54) is 26.4 Å². The molecule has 1 aromatic rings. The number of rotatable bonds is 8. The summed E-state index contributed by atoms with van der Waals surface area (Å²) >= 11 is 0. The van der Waals surface area contributed by atoms with Gasteiger partial charge in [0.2, 0.25) is 5.91 Å². The van der Waals surface area contributed by atoms with Crippen molar-refractivity contribution in [2.75, 3.05) is 7.11 Å². The molecule has 2 amide bonds. The molecular formula is C26H36N2O5. The monoisotopic (exact) mass is 456 g/mol. The number of carbonyl (C=O) groups is 3. The summed E-state index contributed by atoms with van der Waals surface area (Å²) in [5, 5.41) is 6.02. The summed E-state index contributed by atoms with van der Waals surface area (Å²) in [4.78, 5) is 37.6.